The molecule has 238 valence electrons. The van der Waals surface area contributed by atoms with Crippen molar-refractivity contribution in [3.8, 4) is 5.75 Å². The maximum absolute atomic E-state index is 13.0. The lowest BCUT2D eigenvalue weighted by molar-refractivity contribution is -0.139. The fourth-order valence-electron chi connectivity index (χ4n) is 5.11. The number of benzene rings is 1. The first kappa shape index (κ1) is 32.7. The minimum atomic E-state index is -4.48. The van der Waals surface area contributed by atoms with Crippen molar-refractivity contribution in [2.24, 2.45) is 0 Å². The van der Waals surface area contributed by atoms with Gasteiger partial charge in [-0.3, -0.25) is 9.59 Å². The number of hydrogen-bond donors (Lipinski definition) is 1. The Morgan fingerprint density at radius 1 is 1.14 bits per heavy atom. The van der Waals surface area contributed by atoms with E-state index in [1.165, 1.54) is 4.68 Å². The van der Waals surface area contributed by atoms with Crippen LogP contribution in [0.15, 0.2) is 47.7 Å². The summed E-state index contributed by atoms with van der Waals surface area (Å²) in [5.74, 6) is 0.847. The van der Waals surface area contributed by atoms with Gasteiger partial charge in [0, 0.05) is 49.7 Å². The summed E-state index contributed by atoms with van der Waals surface area (Å²) in [6.45, 7) is 7.56. The first-order valence-electron chi connectivity index (χ1n) is 14.5. The fraction of sp³-hybridized carbons (Fsp3) is 0.500. The van der Waals surface area contributed by atoms with Gasteiger partial charge in [-0.25, -0.2) is 14.6 Å². The van der Waals surface area contributed by atoms with Gasteiger partial charge in [0.05, 0.1) is 37.7 Å². The Kier molecular flexibility index (Phi) is 10.8. The Hall–Kier alpha value is -4.20. The summed E-state index contributed by atoms with van der Waals surface area (Å²) in [5, 5.41) is 7.56. The number of alkyl halides is 3. The van der Waals surface area contributed by atoms with Crippen molar-refractivity contribution in [1.29, 1.82) is 0 Å². The zero-order chi connectivity index (χ0) is 31.9. The largest absolute Gasteiger partial charge is 0.497 e. The molecule has 1 atom stereocenters. The number of anilines is 2. The lowest BCUT2D eigenvalue weighted by Gasteiger charge is -2.38. The summed E-state index contributed by atoms with van der Waals surface area (Å²) < 4.78 is 50.7. The maximum Gasteiger partial charge on any atom is 0.419 e. The normalized spacial score (nSPS) is 14.8. The minimum absolute atomic E-state index is 0.0181. The van der Waals surface area contributed by atoms with Crippen molar-refractivity contribution in [2.45, 2.75) is 58.4 Å². The molecule has 1 N–H and O–H groups in total. The molecule has 1 aliphatic rings. The number of piperidine rings is 1. The molecule has 44 heavy (non-hydrogen) atoms. The summed E-state index contributed by atoms with van der Waals surface area (Å²) in [5.41, 5.74) is 0.961. The van der Waals surface area contributed by atoms with Crippen LogP contribution in [0.2, 0.25) is 0 Å². The van der Waals surface area contributed by atoms with E-state index >= 15 is 0 Å². The molecule has 1 fully saturated rings. The Morgan fingerprint density at radius 3 is 2.39 bits per heavy atom. The van der Waals surface area contributed by atoms with E-state index in [0.29, 0.717) is 50.3 Å². The van der Waals surface area contributed by atoms with Gasteiger partial charge in [-0.1, -0.05) is 12.1 Å². The topological polar surface area (TPSA) is 115 Å². The molecule has 0 spiro atoms. The molecule has 4 rings (SSSR count). The molecule has 0 radical (unpaired) electrons. The third-order valence-electron chi connectivity index (χ3n) is 7.59. The quantitative estimate of drug-likeness (QED) is 0.325. The van der Waals surface area contributed by atoms with Crippen LogP contribution in [0.5, 0.6) is 5.75 Å². The second-order valence-corrected chi connectivity index (χ2v) is 10.7. The van der Waals surface area contributed by atoms with E-state index in [2.05, 4.69) is 20.4 Å². The second-order valence-electron chi connectivity index (χ2n) is 10.7. The van der Waals surface area contributed by atoms with Crippen molar-refractivity contribution in [3.63, 3.8) is 0 Å². The van der Waals surface area contributed by atoms with E-state index in [0.717, 1.165) is 23.7 Å². The molecule has 14 heteroatoms. The maximum atomic E-state index is 13.0. The van der Waals surface area contributed by atoms with E-state index in [-0.39, 0.29) is 42.7 Å². The summed E-state index contributed by atoms with van der Waals surface area (Å²) >= 11 is 0. The zero-order valence-electron chi connectivity index (χ0n) is 25.3. The lowest BCUT2D eigenvalue weighted by Crippen LogP contribution is -2.49. The van der Waals surface area contributed by atoms with Gasteiger partial charge in [-0.2, -0.15) is 18.3 Å². The van der Waals surface area contributed by atoms with Crippen molar-refractivity contribution in [3.05, 3.63) is 69.9 Å². The molecule has 1 saturated heterocycles. The van der Waals surface area contributed by atoms with Crippen molar-refractivity contribution >= 4 is 17.5 Å². The first-order valence-corrected chi connectivity index (χ1v) is 14.5. The highest BCUT2D eigenvalue weighted by atomic mass is 19.4. The molecule has 3 heterocycles. The first-order chi connectivity index (χ1) is 21.0. The summed E-state index contributed by atoms with van der Waals surface area (Å²) in [7, 11) is 1.60. The monoisotopic (exact) mass is 617 g/mol. The molecule has 1 amide bonds. The number of amides is 1. The molecule has 0 unspecified atom stereocenters. The number of halogens is 3. The van der Waals surface area contributed by atoms with Crippen LogP contribution in [0.3, 0.4) is 0 Å². The van der Waals surface area contributed by atoms with Gasteiger partial charge in [0.1, 0.15) is 12.4 Å². The number of likely N-dealkylation sites (N-methyl/N-ethyl adjacent to an activating group) is 1. The highest BCUT2D eigenvalue weighted by molar-refractivity contribution is 5.77. The van der Waals surface area contributed by atoms with E-state index in [1.54, 1.807) is 25.1 Å². The molecule has 0 aliphatic carbocycles. The third kappa shape index (κ3) is 8.24. The summed E-state index contributed by atoms with van der Waals surface area (Å²) in [4.78, 5) is 37.3. The number of hydrogen-bond acceptors (Lipinski definition) is 9. The van der Waals surface area contributed by atoms with Crippen LogP contribution < -0.4 is 20.5 Å². The Bertz CT molecular complexity index is 1440. The van der Waals surface area contributed by atoms with Gasteiger partial charge >= 0.3 is 6.18 Å². The van der Waals surface area contributed by atoms with Crippen LogP contribution in [-0.2, 0) is 22.3 Å². The SMILES string of the molecule is CCN(C(=O)COC[C@H](C)Nc1cnn(Cc2ccc(OC)cc2)c(=O)c1C)C1CCN(c2ncc(C(F)(F)F)cn2)CC1. The van der Waals surface area contributed by atoms with Gasteiger partial charge in [-0.05, 0) is 51.3 Å². The van der Waals surface area contributed by atoms with Gasteiger partial charge in [0.15, 0.2) is 0 Å². The number of nitrogens with one attached hydrogen (secondary N) is 1. The Balaban J connectivity index is 1.23. The second kappa shape index (κ2) is 14.5. The number of ether oxygens (including phenoxy) is 2. The number of aromatic nitrogens is 4. The zero-order valence-corrected chi connectivity index (χ0v) is 25.3. The Labute approximate surface area is 254 Å². The van der Waals surface area contributed by atoms with Gasteiger partial charge < -0.3 is 24.6 Å². The Morgan fingerprint density at radius 2 is 1.80 bits per heavy atom. The molecular weight excluding hydrogens is 579 g/mol. The third-order valence-corrected chi connectivity index (χ3v) is 7.59. The standard InChI is InChI=1S/C30H38F3N7O4/c1-5-39(24-10-12-38(13-11-24)29-34-14-23(15-35-29)30(31,32)33)27(41)19-44-18-20(2)37-26-16-36-40(28(42)21(26)3)17-22-6-8-25(43-4)9-7-22/h6-9,14-16,20,24,37H,5,10-13,17-19H2,1-4H3/t20-/m0/s1. The number of carbonyl (C=O) groups is 1. The predicted molar refractivity (Wildman–Crippen MR) is 159 cm³/mol. The molecule has 2 aromatic heterocycles. The van der Waals surface area contributed by atoms with Gasteiger partial charge in [-0.15, -0.1) is 0 Å². The highest BCUT2D eigenvalue weighted by Crippen LogP contribution is 2.29. The van der Waals surface area contributed by atoms with Crippen molar-refractivity contribution < 1.29 is 27.4 Å². The minimum Gasteiger partial charge on any atom is -0.497 e. The number of carbonyl (C=O) groups excluding carboxylic acids is 1. The van der Waals surface area contributed by atoms with E-state index < -0.39 is 11.7 Å². The molecule has 0 bridgehead atoms. The van der Waals surface area contributed by atoms with E-state index in [4.69, 9.17) is 9.47 Å². The van der Waals surface area contributed by atoms with Crippen LogP contribution in [0, 0.1) is 6.92 Å². The molecule has 11 nitrogen and oxygen atoms in total. The molecule has 0 saturated carbocycles. The molecule has 1 aliphatic heterocycles. The summed E-state index contributed by atoms with van der Waals surface area (Å²) in [6.07, 6.45) is -0.0132. The van der Waals surface area contributed by atoms with Gasteiger partial charge in [0.25, 0.3) is 5.56 Å². The van der Waals surface area contributed by atoms with Crippen LogP contribution in [0.4, 0.5) is 24.8 Å². The van der Waals surface area contributed by atoms with Crippen LogP contribution in [0.25, 0.3) is 0 Å². The number of nitrogens with zero attached hydrogens (tertiary/aromatic N) is 6. The number of methoxy groups -OCH3 is 1. The van der Waals surface area contributed by atoms with E-state index in [1.807, 2.05) is 43.0 Å². The smallest absolute Gasteiger partial charge is 0.419 e. The molecular formula is C30H38F3N7O4. The average molecular weight is 618 g/mol. The van der Waals surface area contributed by atoms with Crippen molar-refractivity contribution in [1.82, 2.24) is 24.6 Å². The fourth-order valence-corrected chi connectivity index (χ4v) is 5.11. The van der Waals surface area contributed by atoms with E-state index in [9.17, 15) is 22.8 Å². The predicted octanol–water partition coefficient (Wildman–Crippen LogP) is 3.75. The van der Waals surface area contributed by atoms with Crippen LogP contribution >= 0.6 is 0 Å². The molecule has 1 aromatic carbocycles. The highest BCUT2D eigenvalue weighted by Gasteiger charge is 2.32. The van der Waals surface area contributed by atoms with Crippen LogP contribution in [-0.4, -0.2) is 82.6 Å². The average Bonchev–Trinajstić information content (AvgIpc) is 3.01. The van der Waals surface area contributed by atoms with Gasteiger partial charge in [0.2, 0.25) is 11.9 Å². The van der Waals surface area contributed by atoms with Crippen LogP contribution in [0.1, 0.15) is 43.4 Å². The molecule has 3 aromatic rings. The summed E-state index contributed by atoms with van der Waals surface area (Å²) in [6, 6.07) is 7.23. The van der Waals surface area contributed by atoms with Crippen molar-refractivity contribution in [2.75, 3.05) is 50.2 Å². The lowest BCUT2D eigenvalue weighted by atomic mass is 10.0. The number of rotatable bonds is 12.